The van der Waals surface area contributed by atoms with Gasteiger partial charge in [0.1, 0.15) is 23.9 Å². The maximum absolute atomic E-state index is 14.3. The Morgan fingerprint density at radius 3 is 2.31 bits per heavy atom. The molecule has 59 heavy (non-hydrogen) atoms. The number of aliphatic hydroxyl groups is 3. The van der Waals surface area contributed by atoms with Gasteiger partial charge in [-0.25, -0.2) is 0 Å². The maximum Gasteiger partial charge on any atom is 0.312 e. The predicted octanol–water partition coefficient (Wildman–Crippen LogP) is 5.59. The third kappa shape index (κ3) is 11.6. The van der Waals surface area contributed by atoms with Gasteiger partial charge in [-0.3, -0.25) is 9.59 Å². The third-order valence-corrected chi connectivity index (χ3v) is 12.6. The van der Waals surface area contributed by atoms with Crippen molar-refractivity contribution in [3.05, 3.63) is 58.9 Å². The number of halogens is 1. The minimum absolute atomic E-state index is 0.114. The number of H-pyrrole nitrogens is 1. The van der Waals surface area contributed by atoms with E-state index in [-0.39, 0.29) is 31.4 Å². The predicted molar refractivity (Wildman–Crippen MR) is 226 cm³/mol. The number of hydrogen-bond donors (Lipinski definition) is 4. The van der Waals surface area contributed by atoms with E-state index in [0.29, 0.717) is 28.4 Å². The van der Waals surface area contributed by atoms with Crippen LogP contribution in [0.3, 0.4) is 0 Å². The van der Waals surface area contributed by atoms with Gasteiger partial charge in [-0.2, -0.15) is 10.2 Å². The van der Waals surface area contributed by atoms with Gasteiger partial charge in [0.15, 0.2) is 6.29 Å². The quantitative estimate of drug-likeness (QED) is 0.133. The average molecular weight is 847 g/mol. The van der Waals surface area contributed by atoms with Gasteiger partial charge in [0, 0.05) is 41.9 Å². The van der Waals surface area contributed by atoms with Crippen molar-refractivity contribution in [3.8, 4) is 0 Å². The summed E-state index contributed by atoms with van der Waals surface area (Å²) >= 11 is 6.11. The normalized spacial score (nSPS) is 37.5. The summed E-state index contributed by atoms with van der Waals surface area (Å²) in [6.07, 6.45) is -4.67. The zero-order valence-electron chi connectivity index (χ0n) is 36.7. The van der Waals surface area contributed by atoms with Gasteiger partial charge in [0.05, 0.1) is 47.7 Å². The zero-order chi connectivity index (χ0) is 44.0. The van der Waals surface area contributed by atoms with Gasteiger partial charge in [0.25, 0.3) is 0 Å². The lowest BCUT2D eigenvalue weighted by Crippen LogP contribution is -2.60. The number of rotatable bonds is 10. The van der Waals surface area contributed by atoms with Crippen LogP contribution >= 0.6 is 11.6 Å². The lowest BCUT2D eigenvalue weighted by atomic mass is 9.73. The molecule has 2 fully saturated rings. The standard InChI is InChI=1S/C44H67ClN4O10/c1-13-34-44(9,54)39(52)26(4)36(48-47-29(7)32-15-14-20-46-32)24(2)23-43(8,55-12)40(59-42-37(51)33(49(10)11)21-25(3)56-42)27(5)38(28(6)41(53)57-34)58-35(50)22-30-16-18-31(45)19-17-30/h14-20,24-28,33-34,37-40,42,46,51-52,54H,13,21-23H2,1-12H3. The van der Waals surface area contributed by atoms with Gasteiger partial charge in [-0.1, -0.05) is 51.4 Å². The van der Waals surface area contributed by atoms with E-state index >= 15 is 0 Å². The molecular weight excluding hydrogens is 780 g/mol. The second-order valence-corrected chi connectivity index (χ2v) is 17.7. The summed E-state index contributed by atoms with van der Waals surface area (Å²) < 4.78 is 32.0. The van der Waals surface area contributed by atoms with Crippen molar-refractivity contribution in [2.75, 3.05) is 21.2 Å². The van der Waals surface area contributed by atoms with Crippen LogP contribution in [0.2, 0.25) is 5.02 Å². The molecule has 15 heteroatoms. The number of aliphatic hydroxyl groups excluding tert-OH is 2. The van der Waals surface area contributed by atoms with Crippen LogP contribution in [0.15, 0.2) is 52.8 Å². The number of carbonyl (C=O) groups excluding carboxylic acids is 2. The van der Waals surface area contributed by atoms with E-state index in [1.165, 1.54) is 6.92 Å². The second-order valence-electron chi connectivity index (χ2n) is 17.2. The summed E-state index contributed by atoms with van der Waals surface area (Å²) in [5, 5.41) is 45.6. The van der Waals surface area contributed by atoms with Gasteiger partial charge in [0.2, 0.25) is 0 Å². The maximum atomic E-state index is 14.3. The van der Waals surface area contributed by atoms with Crippen molar-refractivity contribution in [2.45, 2.75) is 148 Å². The molecule has 14 nitrogen and oxygen atoms in total. The van der Waals surface area contributed by atoms with Crippen LogP contribution in [0, 0.1) is 23.7 Å². The highest BCUT2D eigenvalue weighted by atomic mass is 35.5. The molecule has 0 radical (unpaired) electrons. The summed E-state index contributed by atoms with van der Waals surface area (Å²) in [7, 11) is 5.31. The fourth-order valence-electron chi connectivity index (χ4n) is 8.69. The molecule has 330 valence electrons. The Kier molecular flexibility index (Phi) is 16.9. The number of hydrogen-bond acceptors (Lipinski definition) is 13. The van der Waals surface area contributed by atoms with E-state index in [1.54, 1.807) is 58.3 Å². The highest BCUT2D eigenvalue weighted by Gasteiger charge is 2.52. The van der Waals surface area contributed by atoms with E-state index in [4.69, 9.17) is 40.4 Å². The highest BCUT2D eigenvalue weighted by Crippen LogP contribution is 2.40. The molecule has 1 aromatic carbocycles. The summed E-state index contributed by atoms with van der Waals surface area (Å²) in [6.45, 7) is 15.9. The van der Waals surface area contributed by atoms with E-state index in [1.807, 2.05) is 65.7 Å². The Morgan fingerprint density at radius 1 is 1.07 bits per heavy atom. The minimum atomic E-state index is -1.94. The Labute approximate surface area is 354 Å². The highest BCUT2D eigenvalue weighted by molar-refractivity contribution is 6.30. The zero-order valence-corrected chi connectivity index (χ0v) is 37.5. The molecule has 0 saturated carbocycles. The second kappa shape index (κ2) is 20.6. The van der Waals surface area contributed by atoms with Gasteiger partial charge in [-0.05, 0) is 104 Å². The molecule has 3 heterocycles. The summed E-state index contributed by atoms with van der Waals surface area (Å²) in [5.74, 6) is -4.53. The van der Waals surface area contributed by atoms with Crippen LogP contribution in [0.4, 0.5) is 0 Å². The molecule has 2 aliphatic rings. The smallest absolute Gasteiger partial charge is 0.312 e. The lowest BCUT2D eigenvalue weighted by molar-refractivity contribution is -0.301. The number of esters is 2. The molecule has 2 saturated heterocycles. The molecule has 2 aromatic rings. The number of likely N-dealkylation sites (N-methyl/N-ethyl adjacent to an activating group) is 1. The van der Waals surface area contributed by atoms with E-state index in [2.05, 4.69) is 10.1 Å². The Hall–Kier alpha value is -3.21. The van der Waals surface area contributed by atoms with Crippen LogP contribution in [-0.4, -0.2) is 130 Å². The van der Waals surface area contributed by atoms with E-state index < -0.39 is 83.6 Å². The molecule has 14 atom stereocenters. The molecule has 0 aliphatic carbocycles. The molecule has 0 spiro atoms. The van der Waals surface area contributed by atoms with Crippen LogP contribution in [-0.2, 0) is 39.7 Å². The lowest BCUT2D eigenvalue weighted by Gasteiger charge is -2.48. The van der Waals surface area contributed by atoms with Crippen molar-refractivity contribution in [1.82, 2.24) is 9.88 Å². The molecule has 0 bridgehead atoms. The number of aromatic amines is 1. The van der Waals surface area contributed by atoms with Crippen LogP contribution < -0.4 is 0 Å². The fraction of sp³-hybridized carbons (Fsp3) is 0.682. The molecule has 0 amide bonds. The van der Waals surface area contributed by atoms with Crippen molar-refractivity contribution < 1.29 is 48.6 Å². The van der Waals surface area contributed by atoms with Crippen LogP contribution in [0.1, 0.15) is 92.8 Å². The largest absolute Gasteiger partial charge is 0.461 e. The average Bonchev–Trinajstić information content (AvgIpc) is 3.74. The summed E-state index contributed by atoms with van der Waals surface area (Å²) in [4.78, 5) is 33.2. The Balaban J connectivity index is 1.91. The first-order valence-electron chi connectivity index (χ1n) is 20.7. The van der Waals surface area contributed by atoms with Crippen molar-refractivity contribution in [3.63, 3.8) is 0 Å². The number of benzene rings is 1. The van der Waals surface area contributed by atoms with Crippen LogP contribution in [0.25, 0.3) is 0 Å². The first kappa shape index (κ1) is 48.5. The summed E-state index contributed by atoms with van der Waals surface area (Å²) in [5.41, 5.74) is -0.734. The van der Waals surface area contributed by atoms with E-state index in [0.717, 1.165) is 5.69 Å². The minimum Gasteiger partial charge on any atom is -0.461 e. The number of methoxy groups -OCH3 is 1. The Morgan fingerprint density at radius 2 is 1.73 bits per heavy atom. The van der Waals surface area contributed by atoms with Crippen molar-refractivity contribution in [2.24, 2.45) is 33.9 Å². The van der Waals surface area contributed by atoms with Gasteiger partial charge >= 0.3 is 11.9 Å². The number of ether oxygens (including phenoxy) is 5. The Bertz CT molecular complexity index is 1740. The first-order chi connectivity index (χ1) is 27.6. The molecular formula is C44H67ClN4O10. The molecule has 1 aromatic heterocycles. The number of aromatic nitrogens is 1. The summed E-state index contributed by atoms with van der Waals surface area (Å²) in [6, 6.07) is 10.2. The molecule has 14 unspecified atom stereocenters. The number of nitrogens with zero attached hydrogens (tertiary/aromatic N) is 3. The number of carbonyl (C=O) groups is 2. The molecule has 4 rings (SSSR count). The fourth-order valence-corrected chi connectivity index (χ4v) is 8.81. The number of nitrogens with one attached hydrogen (secondary N) is 1. The van der Waals surface area contributed by atoms with Gasteiger partial charge < -0.3 is 48.9 Å². The monoisotopic (exact) mass is 846 g/mol. The number of cyclic esters (lactones) is 1. The van der Waals surface area contributed by atoms with Crippen molar-refractivity contribution in [1.29, 1.82) is 0 Å². The van der Waals surface area contributed by atoms with Gasteiger partial charge in [-0.15, -0.1) is 0 Å². The van der Waals surface area contributed by atoms with Crippen LogP contribution in [0.5, 0.6) is 0 Å². The topological polar surface area (TPSA) is 185 Å². The molecule has 4 N–H and O–H groups in total. The van der Waals surface area contributed by atoms with Crippen molar-refractivity contribution >= 4 is 35.0 Å². The third-order valence-electron chi connectivity index (χ3n) is 12.4. The molecule has 2 aliphatic heterocycles. The first-order valence-corrected chi connectivity index (χ1v) is 21.0. The van der Waals surface area contributed by atoms with E-state index in [9.17, 15) is 24.9 Å². The SMILES string of the molecule is CCC1OC(=O)C(C)C(OC(=O)Cc2ccc(Cl)cc2)C(C)C(OC2OC(C)CC(N(C)C)C2O)C(C)(OC)CC(C)C(=NN=C(C)c2ccc[nH]2)C(C)C(O)C1(C)O.